The number of benzene rings is 1. The maximum absolute atomic E-state index is 6.40. The minimum Gasteiger partial charge on any atom is -0.383 e. The molecule has 0 spiro atoms. The van der Waals surface area contributed by atoms with Gasteiger partial charge in [0, 0.05) is 35.7 Å². The zero-order valence-electron chi connectivity index (χ0n) is 11.3. The Labute approximate surface area is 125 Å². The van der Waals surface area contributed by atoms with Crippen LogP contribution in [-0.4, -0.2) is 26.8 Å². The zero-order chi connectivity index (χ0) is 13.7. The molecule has 0 bridgehead atoms. The molecule has 2 nitrogen and oxygen atoms in total. The first-order chi connectivity index (χ1) is 9.19. The van der Waals surface area contributed by atoms with Crippen LogP contribution in [0.1, 0.15) is 31.2 Å². The number of nitrogens with one attached hydrogen (secondary N) is 1. The average molecular weight is 302 g/mol. The summed E-state index contributed by atoms with van der Waals surface area (Å²) in [4.78, 5) is 0. The topological polar surface area (TPSA) is 21.3 Å². The second-order valence-electron chi connectivity index (χ2n) is 5.25. The highest BCUT2D eigenvalue weighted by molar-refractivity contribution is 6.36. The molecule has 1 fully saturated rings. The van der Waals surface area contributed by atoms with E-state index in [-0.39, 0.29) is 5.41 Å². The Kier molecular flexibility index (Phi) is 5.52. The van der Waals surface area contributed by atoms with Gasteiger partial charge in [0.2, 0.25) is 0 Å². The predicted molar refractivity (Wildman–Crippen MR) is 81.4 cm³/mol. The molecule has 0 amide bonds. The van der Waals surface area contributed by atoms with Crippen molar-refractivity contribution < 1.29 is 4.74 Å². The second-order valence-corrected chi connectivity index (χ2v) is 6.07. The highest BCUT2D eigenvalue weighted by Gasteiger charge is 2.38. The molecule has 0 aromatic heterocycles. The van der Waals surface area contributed by atoms with Crippen LogP contribution in [0.2, 0.25) is 10.0 Å². The Balaban J connectivity index is 2.19. The molecule has 0 radical (unpaired) electrons. The summed E-state index contributed by atoms with van der Waals surface area (Å²) < 4.78 is 5.08. The number of ether oxygens (including phenoxy) is 1. The SMILES string of the molecule is COCCNCC1(c2c(Cl)cccc2Cl)CCCC1. The minimum atomic E-state index is 0.0865. The first kappa shape index (κ1) is 15.1. The number of methoxy groups -OCH3 is 1. The molecule has 1 aromatic carbocycles. The van der Waals surface area contributed by atoms with Crippen LogP contribution < -0.4 is 5.32 Å². The van der Waals surface area contributed by atoms with Gasteiger partial charge in [-0.15, -0.1) is 0 Å². The van der Waals surface area contributed by atoms with Gasteiger partial charge in [0.25, 0.3) is 0 Å². The number of hydrogen-bond donors (Lipinski definition) is 1. The monoisotopic (exact) mass is 301 g/mol. The quantitative estimate of drug-likeness (QED) is 0.801. The van der Waals surface area contributed by atoms with Crippen molar-refractivity contribution in [1.82, 2.24) is 5.32 Å². The molecule has 106 valence electrons. The normalized spacial score (nSPS) is 17.8. The van der Waals surface area contributed by atoms with Gasteiger partial charge in [-0.25, -0.2) is 0 Å². The van der Waals surface area contributed by atoms with Gasteiger partial charge in [-0.3, -0.25) is 0 Å². The number of hydrogen-bond acceptors (Lipinski definition) is 2. The molecule has 4 heteroatoms. The van der Waals surface area contributed by atoms with E-state index in [9.17, 15) is 0 Å². The summed E-state index contributed by atoms with van der Waals surface area (Å²) in [6.07, 6.45) is 4.79. The van der Waals surface area contributed by atoms with Crippen LogP contribution in [0.4, 0.5) is 0 Å². The lowest BCUT2D eigenvalue weighted by Gasteiger charge is -2.32. The van der Waals surface area contributed by atoms with Crippen LogP contribution in [0.25, 0.3) is 0 Å². The van der Waals surface area contributed by atoms with Gasteiger partial charge >= 0.3 is 0 Å². The minimum absolute atomic E-state index is 0.0865. The van der Waals surface area contributed by atoms with Gasteiger partial charge in [0.1, 0.15) is 0 Å². The molecule has 19 heavy (non-hydrogen) atoms. The standard InChI is InChI=1S/C15H21Cl2NO/c1-19-10-9-18-11-15(7-2-3-8-15)14-12(16)5-4-6-13(14)17/h4-6,18H,2-3,7-11H2,1H3. The Hall–Kier alpha value is -0.280. The van der Waals surface area contributed by atoms with Crippen LogP contribution in [0.5, 0.6) is 0 Å². The third-order valence-corrected chi connectivity index (χ3v) is 4.63. The second kappa shape index (κ2) is 6.94. The van der Waals surface area contributed by atoms with Crippen LogP contribution in [0.3, 0.4) is 0 Å². The lowest BCUT2D eigenvalue weighted by molar-refractivity contribution is 0.196. The molecular weight excluding hydrogens is 281 g/mol. The van der Waals surface area contributed by atoms with Crippen LogP contribution >= 0.6 is 23.2 Å². The fourth-order valence-electron chi connectivity index (χ4n) is 3.07. The van der Waals surface area contributed by atoms with Gasteiger partial charge in [-0.2, -0.15) is 0 Å². The van der Waals surface area contributed by atoms with Crippen molar-refractivity contribution in [3.05, 3.63) is 33.8 Å². The highest BCUT2D eigenvalue weighted by Crippen LogP contribution is 2.46. The van der Waals surface area contributed by atoms with E-state index >= 15 is 0 Å². The third kappa shape index (κ3) is 3.43. The molecule has 0 aliphatic heterocycles. The van der Waals surface area contributed by atoms with Gasteiger partial charge in [0.05, 0.1) is 6.61 Å². The lowest BCUT2D eigenvalue weighted by Crippen LogP contribution is -2.37. The van der Waals surface area contributed by atoms with Crippen LogP contribution in [0, 0.1) is 0 Å². The van der Waals surface area contributed by atoms with Crippen LogP contribution in [0.15, 0.2) is 18.2 Å². The molecule has 0 heterocycles. The Morgan fingerprint density at radius 3 is 2.42 bits per heavy atom. The smallest absolute Gasteiger partial charge is 0.0587 e. The van der Waals surface area contributed by atoms with E-state index in [1.807, 2.05) is 18.2 Å². The first-order valence-corrected chi connectivity index (χ1v) is 7.59. The summed E-state index contributed by atoms with van der Waals surface area (Å²) in [5.41, 5.74) is 1.21. The molecule has 1 N–H and O–H groups in total. The molecule has 1 saturated carbocycles. The van der Waals surface area contributed by atoms with Crippen molar-refractivity contribution in [2.75, 3.05) is 26.8 Å². The molecule has 1 aromatic rings. The van der Waals surface area contributed by atoms with E-state index in [1.54, 1.807) is 7.11 Å². The first-order valence-electron chi connectivity index (χ1n) is 6.84. The zero-order valence-corrected chi connectivity index (χ0v) is 12.9. The summed E-state index contributed by atoms with van der Waals surface area (Å²) in [6, 6.07) is 5.80. The molecule has 1 aliphatic rings. The van der Waals surface area contributed by atoms with Gasteiger partial charge in [-0.1, -0.05) is 42.1 Å². The maximum atomic E-state index is 6.40. The van der Waals surface area contributed by atoms with Crippen molar-refractivity contribution in [2.45, 2.75) is 31.1 Å². The van der Waals surface area contributed by atoms with E-state index in [1.165, 1.54) is 12.8 Å². The highest BCUT2D eigenvalue weighted by atomic mass is 35.5. The molecule has 0 saturated heterocycles. The van der Waals surface area contributed by atoms with Crippen molar-refractivity contribution >= 4 is 23.2 Å². The molecule has 0 unspecified atom stereocenters. The average Bonchev–Trinajstić information content (AvgIpc) is 2.84. The summed E-state index contributed by atoms with van der Waals surface area (Å²) in [6.45, 7) is 2.51. The van der Waals surface area contributed by atoms with Crippen molar-refractivity contribution in [3.63, 3.8) is 0 Å². The summed E-state index contributed by atoms with van der Waals surface area (Å²) in [5.74, 6) is 0. The molecule has 2 rings (SSSR count). The summed E-state index contributed by atoms with van der Waals surface area (Å²) in [7, 11) is 1.72. The third-order valence-electron chi connectivity index (χ3n) is 4.00. The largest absolute Gasteiger partial charge is 0.383 e. The van der Waals surface area contributed by atoms with Gasteiger partial charge in [0.15, 0.2) is 0 Å². The van der Waals surface area contributed by atoms with Crippen molar-refractivity contribution in [1.29, 1.82) is 0 Å². The van der Waals surface area contributed by atoms with E-state index in [2.05, 4.69) is 5.32 Å². The lowest BCUT2D eigenvalue weighted by atomic mass is 9.78. The fraction of sp³-hybridized carbons (Fsp3) is 0.600. The fourth-order valence-corrected chi connectivity index (χ4v) is 3.87. The van der Waals surface area contributed by atoms with Crippen LogP contribution in [-0.2, 0) is 10.2 Å². The van der Waals surface area contributed by atoms with Crippen molar-refractivity contribution in [2.24, 2.45) is 0 Å². The van der Waals surface area contributed by atoms with E-state index in [0.29, 0.717) is 0 Å². The maximum Gasteiger partial charge on any atom is 0.0587 e. The molecule has 0 atom stereocenters. The molecular formula is C15H21Cl2NO. The Morgan fingerprint density at radius 1 is 1.21 bits per heavy atom. The Bertz CT molecular complexity index is 396. The van der Waals surface area contributed by atoms with Crippen molar-refractivity contribution in [3.8, 4) is 0 Å². The van der Waals surface area contributed by atoms with E-state index in [0.717, 1.165) is 48.1 Å². The van der Waals surface area contributed by atoms with Gasteiger partial charge < -0.3 is 10.1 Å². The molecule has 1 aliphatic carbocycles. The number of rotatable bonds is 6. The van der Waals surface area contributed by atoms with E-state index in [4.69, 9.17) is 27.9 Å². The predicted octanol–water partition coefficient (Wildman–Crippen LogP) is 4.04. The summed E-state index contributed by atoms with van der Waals surface area (Å²) >= 11 is 12.8. The van der Waals surface area contributed by atoms with E-state index < -0.39 is 0 Å². The summed E-state index contributed by atoms with van der Waals surface area (Å²) in [5, 5.41) is 5.07. The number of halogens is 2. The van der Waals surface area contributed by atoms with Gasteiger partial charge in [-0.05, 0) is 30.5 Å². The Morgan fingerprint density at radius 2 is 1.84 bits per heavy atom.